The lowest BCUT2D eigenvalue weighted by atomic mass is 9.91. The molecule has 2 aromatic rings. The number of rotatable bonds is 9. The molecule has 2 saturated carbocycles. The Bertz CT molecular complexity index is 894. The standard InChI is InChI=1S/C27H34N2O2.2ClH/c1-2-21(16-19-6-4-3-5-7-19)25-17-26(25)29-24-14-12-23(13-15-24)28-18-20-8-10-22(11-9-20)27(30)31;;/h3-11,16,23-26,28-29H,2,12-15,17-18H2,1H3,(H,30,31);2*1H/t23?,24?,25-,26+;;/m0../s1. The first-order valence-electron chi connectivity index (χ1n) is 11.7. The summed E-state index contributed by atoms with van der Waals surface area (Å²) in [7, 11) is 0. The zero-order valence-electron chi connectivity index (χ0n) is 19.2. The van der Waals surface area contributed by atoms with Gasteiger partial charge in [0.25, 0.3) is 0 Å². The van der Waals surface area contributed by atoms with Gasteiger partial charge in [-0.15, -0.1) is 24.8 Å². The third-order valence-corrected chi connectivity index (χ3v) is 6.80. The van der Waals surface area contributed by atoms with Crippen molar-refractivity contribution in [3.8, 4) is 0 Å². The topological polar surface area (TPSA) is 61.4 Å². The van der Waals surface area contributed by atoms with Crippen molar-refractivity contribution in [2.24, 2.45) is 5.92 Å². The lowest BCUT2D eigenvalue weighted by Gasteiger charge is -2.30. The van der Waals surface area contributed by atoms with Crippen LogP contribution in [0.15, 0.2) is 60.2 Å². The molecule has 3 N–H and O–H groups in total. The number of halogens is 2. The first-order valence-corrected chi connectivity index (χ1v) is 11.7. The van der Waals surface area contributed by atoms with Crippen LogP contribution in [0.1, 0.15) is 66.9 Å². The molecule has 4 rings (SSSR count). The van der Waals surface area contributed by atoms with E-state index in [-0.39, 0.29) is 24.8 Å². The second-order valence-electron chi connectivity index (χ2n) is 9.03. The van der Waals surface area contributed by atoms with Crippen LogP contribution in [0.3, 0.4) is 0 Å². The van der Waals surface area contributed by atoms with E-state index >= 15 is 0 Å². The quantitative estimate of drug-likeness (QED) is 0.397. The summed E-state index contributed by atoms with van der Waals surface area (Å²) < 4.78 is 0. The largest absolute Gasteiger partial charge is 0.478 e. The van der Waals surface area contributed by atoms with E-state index in [2.05, 4.69) is 54.0 Å². The Hall–Kier alpha value is -1.85. The van der Waals surface area contributed by atoms with E-state index in [1.807, 2.05) is 12.1 Å². The number of nitrogens with one attached hydrogen (secondary N) is 2. The molecular weight excluding hydrogens is 455 g/mol. The molecule has 0 spiro atoms. The number of hydrogen-bond acceptors (Lipinski definition) is 3. The lowest BCUT2D eigenvalue weighted by Crippen LogP contribution is -2.40. The summed E-state index contributed by atoms with van der Waals surface area (Å²) in [6.45, 7) is 3.08. The third kappa shape index (κ3) is 7.86. The maximum atomic E-state index is 11.0. The maximum Gasteiger partial charge on any atom is 0.335 e. The molecule has 4 nitrogen and oxygen atoms in total. The Morgan fingerprint density at radius 1 is 0.970 bits per heavy atom. The number of hydrogen-bond donors (Lipinski definition) is 3. The molecule has 2 aliphatic rings. The number of carbonyl (C=O) groups is 1. The molecule has 0 heterocycles. The Morgan fingerprint density at radius 3 is 2.21 bits per heavy atom. The SMILES string of the molecule is CCC(=Cc1ccccc1)[C@@H]1C[C@H]1NC1CCC(NCc2ccc(C(=O)O)cc2)CC1.Cl.Cl. The van der Waals surface area contributed by atoms with Gasteiger partial charge in [-0.1, -0.05) is 61.0 Å². The molecule has 180 valence electrons. The highest BCUT2D eigenvalue weighted by Crippen LogP contribution is 2.40. The number of benzene rings is 2. The zero-order chi connectivity index (χ0) is 21.6. The zero-order valence-corrected chi connectivity index (χ0v) is 20.8. The molecule has 2 fully saturated rings. The van der Waals surface area contributed by atoms with Crippen LogP contribution in [-0.2, 0) is 6.54 Å². The third-order valence-electron chi connectivity index (χ3n) is 6.80. The van der Waals surface area contributed by atoms with E-state index < -0.39 is 5.97 Å². The smallest absolute Gasteiger partial charge is 0.335 e. The average molecular weight is 492 g/mol. The summed E-state index contributed by atoms with van der Waals surface area (Å²) in [5.74, 6) is -0.167. The van der Waals surface area contributed by atoms with Crippen molar-refractivity contribution in [3.63, 3.8) is 0 Å². The van der Waals surface area contributed by atoms with Crippen molar-refractivity contribution in [2.75, 3.05) is 0 Å². The van der Waals surface area contributed by atoms with Gasteiger partial charge in [0.1, 0.15) is 0 Å². The van der Waals surface area contributed by atoms with Crippen molar-refractivity contribution in [1.29, 1.82) is 0 Å². The van der Waals surface area contributed by atoms with Crippen molar-refractivity contribution in [2.45, 2.75) is 70.1 Å². The van der Waals surface area contributed by atoms with Crippen LogP contribution < -0.4 is 10.6 Å². The Labute approximate surface area is 210 Å². The highest BCUT2D eigenvalue weighted by molar-refractivity contribution is 5.87. The van der Waals surface area contributed by atoms with Crippen LogP contribution in [0.2, 0.25) is 0 Å². The van der Waals surface area contributed by atoms with Gasteiger partial charge in [-0.3, -0.25) is 0 Å². The monoisotopic (exact) mass is 490 g/mol. The van der Waals surface area contributed by atoms with Gasteiger partial charge in [-0.25, -0.2) is 4.79 Å². The predicted octanol–water partition coefficient (Wildman–Crippen LogP) is 6.10. The fourth-order valence-corrected chi connectivity index (χ4v) is 4.82. The molecule has 0 amide bonds. The predicted molar refractivity (Wildman–Crippen MR) is 141 cm³/mol. The normalized spacial score (nSPS) is 24.3. The maximum absolute atomic E-state index is 11.0. The Morgan fingerprint density at radius 2 is 1.61 bits per heavy atom. The molecule has 0 saturated heterocycles. The van der Waals surface area contributed by atoms with Crippen molar-refractivity contribution in [3.05, 3.63) is 76.9 Å². The van der Waals surface area contributed by atoms with Gasteiger partial charge >= 0.3 is 5.97 Å². The number of aromatic carboxylic acids is 1. The Balaban J connectivity index is 0.00000193. The Kier molecular flexibility index (Phi) is 10.9. The van der Waals surface area contributed by atoms with Gasteiger partial charge in [0.15, 0.2) is 0 Å². The van der Waals surface area contributed by atoms with E-state index in [9.17, 15) is 4.79 Å². The highest BCUT2D eigenvalue weighted by Gasteiger charge is 2.40. The summed E-state index contributed by atoms with van der Waals surface area (Å²) >= 11 is 0. The van der Waals surface area contributed by atoms with Gasteiger partial charge < -0.3 is 15.7 Å². The second kappa shape index (κ2) is 13.1. The van der Waals surface area contributed by atoms with Crippen molar-refractivity contribution < 1.29 is 9.90 Å². The van der Waals surface area contributed by atoms with Gasteiger partial charge in [-0.2, -0.15) is 0 Å². The van der Waals surface area contributed by atoms with E-state index in [0.29, 0.717) is 29.6 Å². The van der Waals surface area contributed by atoms with Crippen molar-refractivity contribution >= 4 is 36.9 Å². The fraction of sp³-hybridized carbons (Fsp3) is 0.444. The first kappa shape index (κ1) is 27.4. The van der Waals surface area contributed by atoms with Gasteiger partial charge in [0.05, 0.1) is 5.56 Å². The van der Waals surface area contributed by atoms with Crippen LogP contribution in [0.4, 0.5) is 0 Å². The molecule has 33 heavy (non-hydrogen) atoms. The molecule has 2 aliphatic carbocycles. The summed E-state index contributed by atoms with van der Waals surface area (Å²) in [5.41, 5.74) is 4.38. The minimum atomic E-state index is -0.871. The first-order chi connectivity index (χ1) is 15.1. The summed E-state index contributed by atoms with van der Waals surface area (Å²) in [6.07, 6.45) is 9.63. The molecule has 0 bridgehead atoms. The second-order valence-corrected chi connectivity index (χ2v) is 9.03. The van der Waals surface area contributed by atoms with Gasteiger partial charge in [0.2, 0.25) is 0 Å². The van der Waals surface area contributed by atoms with Crippen LogP contribution in [0, 0.1) is 5.92 Å². The molecule has 6 heteroatoms. The number of carboxylic acid groups (broad SMARTS) is 1. The average Bonchev–Trinajstić information content (AvgIpc) is 3.56. The molecular formula is C27H36Cl2N2O2. The summed E-state index contributed by atoms with van der Waals surface area (Å²) in [4.78, 5) is 11.0. The van der Waals surface area contributed by atoms with E-state index in [1.165, 1.54) is 37.7 Å². The lowest BCUT2D eigenvalue weighted by molar-refractivity contribution is 0.0697. The van der Waals surface area contributed by atoms with E-state index in [4.69, 9.17) is 5.11 Å². The van der Waals surface area contributed by atoms with E-state index in [1.54, 1.807) is 17.7 Å². The minimum Gasteiger partial charge on any atom is -0.478 e. The fourth-order valence-electron chi connectivity index (χ4n) is 4.82. The summed E-state index contributed by atoms with van der Waals surface area (Å²) in [5, 5.41) is 16.6. The van der Waals surface area contributed by atoms with Crippen molar-refractivity contribution in [1.82, 2.24) is 10.6 Å². The highest BCUT2D eigenvalue weighted by atomic mass is 35.5. The van der Waals surface area contributed by atoms with Crippen LogP contribution >= 0.6 is 24.8 Å². The van der Waals surface area contributed by atoms with Gasteiger partial charge in [-0.05, 0) is 67.7 Å². The molecule has 0 unspecified atom stereocenters. The molecule has 0 aliphatic heterocycles. The van der Waals surface area contributed by atoms with Crippen LogP contribution in [-0.4, -0.2) is 29.2 Å². The molecule has 0 radical (unpaired) electrons. The van der Waals surface area contributed by atoms with Gasteiger partial charge in [0, 0.05) is 24.7 Å². The molecule has 2 aromatic carbocycles. The molecule has 0 aromatic heterocycles. The molecule has 2 atom stereocenters. The van der Waals surface area contributed by atoms with Crippen LogP contribution in [0.25, 0.3) is 6.08 Å². The number of carboxylic acids is 1. The van der Waals surface area contributed by atoms with Crippen LogP contribution in [0.5, 0.6) is 0 Å². The summed E-state index contributed by atoms with van der Waals surface area (Å²) in [6, 6.07) is 19.7. The van der Waals surface area contributed by atoms with E-state index in [0.717, 1.165) is 18.5 Å². The minimum absolute atomic E-state index is 0.